The van der Waals surface area contributed by atoms with E-state index in [0.717, 1.165) is 44.0 Å². The summed E-state index contributed by atoms with van der Waals surface area (Å²) in [5.74, 6) is -3.77. The fraction of sp³-hybridized carbons (Fsp3) is 0.515. The van der Waals surface area contributed by atoms with Crippen molar-refractivity contribution in [1.82, 2.24) is 30.2 Å². The summed E-state index contributed by atoms with van der Waals surface area (Å²) in [5, 5.41) is 5.18. The molecular formula is C33H43F4N7O2. The Kier molecular flexibility index (Phi) is 10.2. The summed E-state index contributed by atoms with van der Waals surface area (Å²) in [6, 6.07) is 4.41. The molecule has 9 nitrogen and oxygen atoms in total. The summed E-state index contributed by atoms with van der Waals surface area (Å²) in [7, 11) is 1.95. The maximum atomic E-state index is 15.4. The number of amides is 2. The van der Waals surface area contributed by atoms with Crippen LogP contribution in [-0.2, 0) is 16.1 Å². The molecule has 4 N–H and O–H groups in total. The van der Waals surface area contributed by atoms with Crippen LogP contribution in [0.4, 0.5) is 17.6 Å². The van der Waals surface area contributed by atoms with Gasteiger partial charge in [-0.25, -0.2) is 4.39 Å². The molecule has 3 atom stereocenters. The van der Waals surface area contributed by atoms with Gasteiger partial charge in [-0.2, -0.15) is 13.2 Å². The van der Waals surface area contributed by atoms with Gasteiger partial charge in [0, 0.05) is 95.0 Å². The molecule has 2 unspecified atom stereocenters. The summed E-state index contributed by atoms with van der Waals surface area (Å²) < 4.78 is 57.0. The maximum Gasteiger partial charge on any atom is 0.413 e. The molecule has 46 heavy (non-hydrogen) atoms. The number of carbonyl (C=O) groups is 2. The molecule has 2 saturated heterocycles. The lowest BCUT2D eigenvalue weighted by molar-refractivity contribution is -0.133. The van der Waals surface area contributed by atoms with E-state index < -0.39 is 47.9 Å². The SMILES string of the molecule is C=C1CN(C2=CC=C(c3cc(CN4CCN(CCN)CC4)ccc3F)CC2NC(=O)C2CNC(=O)C=C2C(F)(F)F)C[C@H](C)N1C. The highest BCUT2D eigenvalue weighted by atomic mass is 19.4. The van der Waals surface area contributed by atoms with Crippen LogP contribution in [0.1, 0.15) is 24.5 Å². The lowest BCUT2D eigenvalue weighted by Crippen LogP contribution is -2.53. The standard InChI is InChI=1S/C33H43F4N7O2/c1-21-18-44(19-22(2)41(21)3)30-7-5-24(15-29(30)40-32(46)26-17-39-31(45)16-27(26)33(35,36)37)25-14-23(4-6-28(25)34)20-43-12-10-42(9-8-38)11-13-43/h4-7,14,16,22,26,29H,1,8-13,15,17-20,38H2,2-3H3,(H,39,45)(H,40,46)/t22-,26?,29?/m0/s1. The fourth-order valence-corrected chi connectivity index (χ4v) is 6.61. The van der Waals surface area contributed by atoms with Crippen molar-refractivity contribution in [2.45, 2.75) is 38.1 Å². The zero-order chi connectivity index (χ0) is 33.2. The number of alkyl halides is 3. The number of piperazine rings is 2. The molecule has 0 saturated carbocycles. The highest BCUT2D eigenvalue weighted by molar-refractivity contribution is 5.94. The molecule has 1 aliphatic carbocycles. The van der Waals surface area contributed by atoms with Gasteiger partial charge < -0.3 is 26.2 Å². The van der Waals surface area contributed by atoms with Gasteiger partial charge in [0.2, 0.25) is 11.8 Å². The number of halogens is 4. The first-order valence-electron chi connectivity index (χ1n) is 15.7. The second-order valence-electron chi connectivity index (χ2n) is 12.6. The number of allylic oxidation sites excluding steroid dienone is 2. The van der Waals surface area contributed by atoms with Crippen molar-refractivity contribution in [1.29, 1.82) is 0 Å². The Labute approximate surface area is 267 Å². The Morgan fingerprint density at radius 2 is 1.87 bits per heavy atom. The van der Waals surface area contributed by atoms with Crippen LogP contribution in [0.2, 0.25) is 0 Å². The summed E-state index contributed by atoms with van der Waals surface area (Å²) >= 11 is 0. The van der Waals surface area contributed by atoms with Gasteiger partial charge in [0.1, 0.15) is 5.82 Å². The van der Waals surface area contributed by atoms with Gasteiger partial charge in [-0.1, -0.05) is 18.7 Å². The summed E-state index contributed by atoms with van der Waals surface area (Å²) in [6.45, 7) is 12.5. The Balaban J connectivity index is 1.40. The highest BCUT2D eigenvalue weighted by Crippen LogP contribution is 2.36. The van der Waals surface area contributed by atoms with Gasteiger partial charge in [-0.15, -0.1) is 0 Å². The molecular weight excluding hydrogens is 602 g/mol. The van der Waals surface area contributed by atoms with E-state index in [4.69, 9.17) is 5.73 Å². The molecule has 2 amide bonds. The lowest BCUT2D eigenvalue weighted by atomic mass is 9.88. The number of nitrogens with one attached hydrogen (secondary N) is 2. The van der Waals surface area contributed by atoms with Crippen LogP contribution in [0.5, 0.6) is 0 Å². The number of benzene rings is 1. The number of nitrogens with two attached hydrogens (primary N) is 1. The average molecular weight is 646 g/mol. The Morgan fingerprint density at radius 1 is 1.15 bits per heavy atom. The van der Waals surface area contributed by atoms with Crippen molar-refractivity contribution >= 4 is 17.4 Å². The molecule has 3 heterocycles. The molecule has 1 aromatic carbocycles. The van der Waals surface area contributed by atoms with Gasteiger partial charge >= 0.3 is 6.18 Å². The van der Waals surface area contributed by atoms with E-state index in [1.807, 2.05) is 32.2 Å². The van der Waals surface area contributed by atoms with Crippen LogP contribution in [0.3, 0.4) is 0 Å². The molecule has 1 aromatic rings. The van der Waals surface area contributed by atoms with Crippen molar-refractivity contribution in [3.8, 4) is 0 Å². The number of likely N-dealkylation sites (N-methyl/N-ethyl adjacent to an activating group) is 1. The maximum absolute atomic E-state index is 15.4. The van der Waals surface area contributed by atoms with E-state index in [0.29, 0.717) is 49.1 Å². The number of carbonyl (C=O) groups excluding carboxylic acids is 2. The van der Waals surface area contributed by atoms with Gasteiger partial charge in [0.15, 0.2) is 0 Å². The Hall–Kier alpha value is -3.68. The van der Waals surface area contributed by atoms with Crippen molar-refractivity contribution in [2.24, 2.45) is 11.7 Å². The Morgan fingerprint density at radius 3 is 2.54 bits per heavy atom. The van der Waals surface area contributed by atoms with Crippen molar-refractivity contribution in [2.75, 3.05) is 66.0 Å². The largest absolute Gasteiger partial charge is 0.413 e. The zero-order valence-corrected chi connectivity index (χ0v) is 26.4. The minimum absolute atomic E-state index is 0.100. The third-order valence-corrected chi connectivity index (χ3v) is 9.42. The molecule has 0 bridgehead atoms. The van der Waals surface area contributed by atoms with E-state index in [1.165, 1.54) is 6.07 Å². The topological polar surface area (TPSA) is 97.2 Å². The molecule has 250 valence electrons. The second kappa shape index (κ2) is 14.0. The summed E-state index contributed by atoms with van der Waals surface area (Å²) in [4.78, 5) is 34.0. The van der Waals surface area contributed by atoms with Crippen LogP contribution in [-0.4, -0.2) is 116 Å². The zero-order valence-electron chi connectivity index (χ0n) is 26.4. The molecule has 4 aliphatic rings. The monoisotopic (exact) mass is 645 g/mol. The van der Waals surface area contributed by atoms with Crippen molar-refractivity contribution in [3.05, 3.63) is 76.9 Å². The predicted molar refractivity (Wildman–Crippen MR) is 168 cm³/mol. The first kappa shape index (κ1) is 33.7. The quantitative estimate of drug-likeness (QED) is 0.374. The number of hydrogen-bond acceptors (Lipinski definition) is 7. The summed E-state index contributed by atoms with van der Waals surface area (Å²) in [6.07, 6.45) is -0.573. The molecule has 13 heteroatoms. The van der Waals surface area contributed by atoms with Gasteiger partial charge in [0.05, 0.1) is 24.1 Å². The van der Waals surface area contributed by atoms with Crippen molar-refractivity contribution in [3.63, 3.8) is 0 Å². The van der Waals surface area contributed by atoms with Crippen LogP contribution in [0.15, 0.2) is 60.0 Å². The molecule has 5 rings (SSSR count). The minimum atomic E-state index is -4.85. The average Bonchev–Trinajstić information content (AvgIpc) is 3.01. The van der Waals surface area contributed by atoms with Crippen LogP contribution in [0, 0.1) is 11.7 Å². The molecule has 0 spiro atoms. The molecule has 2 fully saturated rings. The normalized spacial score (nSPS) is 25.1. The predicted octanol–water partition coefficient (Wildman–Crippen LogP) is 2.44. The first-order valence-corrected chi connectivity index (χ1v) is 15.7. The van der Waals surface area contributed by atoms with E-state index in [9.17, 15) is 22.8 Å². The van der Waals surface area contributed by atoms with E-state index in [1.54, 1.807) is 6.07 Å². The molecule has 3 aliphatic heterocycles. The summed E-state index contributed by atoms with van der Waals surface area (Å²) in [5.41, 5.74) is 8.05. The number of hydrogen-bond donors (Lipinski definition) is 3. The van der Waals surface area contributed by atoms with Gasteiger partial charge in [0.25, 0.3) is 0 Å². The third kappa shape index (κ3) is 7.64. The van der Waals surface area contributed by atoms with Crippen LogP contribution < -0.4 is 16.4 Å². The van der Waals surface area contributed by atoms with Gasteiger partial charge in [-0.3, -0.25) is 19.4 Å². The smallest absolute Gasteiger partial charge is 0.372 e. The van der Waals surface area contributed by atoms with E-state index in [-0.39, 0.29) is 12.5 Å². The van der Waals surface area contributed by atoms with Gasteiger partial charge in [-0.05, 0) is 42.7 Å². The number of nitrogens with zero attached hydrogens (tertiary/aromatic N) is 4. The van der Waals surface area contributed by atoms with E-state index >= 15 is 4.39 Å². The highest BCUT2D eigenvalue weighted by Gasteiger charge is 2.45. The van der Waals surface area contributed by atoms with Crippen LogP contribution >= 0.6 is 0 Å². The molecule has 0 radical (unpaired) electrons. The first-order chi connectivity index (χ1) is 21.8. The Bertz CT molecular complexity index is 1430. The minimum Gasteiger partial charge on any atom is -0.372 e. The fourth-order valence-electron chi connectivity index (χ4n) is 6.61. The third-order valence-electron chi connectivity index (χ3n) is 9.42. The van der Waals surface area contributed by atoms with Crippen LogP contribution in [0.25, 0.3) is 5.57 Å². The van der Waals surface area contributed by atoms with E-state index in [2.05, 4.69) is 36.8 Å². The number of rotatable bonds is 8. The van der Waals surface area contributed by atoms with Crippen molar-refractivity contribution < 1.29 is 27.2 Å². The molecule has 0 aromatic heterocycles. The second-order valence-corrected chi connectivity index (χ2v) is 12.6. The lowest BCUT2D eigenvalue weighted by Gasteiger charge is -2.45.